The molecule has 0 fully saturated rings. The molecule has 8 heteroatoms. The first-order valence-electron chi connectivity index (χ1n) is 8.45. The maximum atomic E-state index is 12.8. The Hall–Kier alpha value is -2.61. The fraction of sp³-hybridized carbons (Fsp3) is 0.333. The van der Waals surface area contributed by atoms with E-state index in [4.69, 9.17) is 4.74 Å². The molecule has 0 bridgehead atoms. The molecule has 1 heterocycles. The van der Waals surface area contributed by atoms with Crippen LogP contribution in [0.4, 0.5) is 5.69 Å². The summed E-state index contributed by atoms with van der Waals surface area (Å²) in [5.74, 6) is 0.0407. The van der Waals surface area contributed by atoms with E-state index in [1.165, 1.54) is 30.6 Å². The molecule has 0 aliphatic rings. The smallest absolute Gasteiger partial charge is 0.262 e. The number of amides is 1. The van der Waals surface area contributed by atoms with Gasteiger partial charge in [0, 0.05) is 12.6 Å². The predicted octanol–water partition coefficient (Wildman–Crippen LogP) is 2.81. The summed E-state index contributed by atoms with van der Waals surface area (Å²) in [5.41, 5.74) is 0.363. The van der Waals surface area contributed by atoms with Crippen molar-refractivity contribution in [2.45, 2.75) is 31.6 Å². The molecule has 2 aromatic rings. The minimum atomic E-state index is -3.96. The number of aromatic nitrogens is 1. The van der Waals surface area contributed by atoms with Crippen LogP contribution in [0, 0.1) is 0 Å². The molecular weight excluding hydrogens is 354 g/mol. The monoisotopic (exact) mass is 377 g/mol. The first-order chi connectivity index (χ1) is 12.5. The Balaban J connectivity index is 2.26. The number of hydrogen-bond donors (Lipinski definition) is 2. The van der Waals surface area contributed by atoms with Gasteiger partial charge in [0.05, 0.1) is 30.3 Å². The van der Waals surface area contributed by atoms with Crippen LogP contribution < -0.4 is 14.8 Å². The Kier molecular flexibility index (Phi) is 6.97. The number of nitrogens with zero attached hydrogens (tertiary/aromatic N) is 1. The van der Waals surface area contributed by atoms with E-state index < -0.39 is 15.9 Å². The van der Waals surface area contributed by atoms with Crippen LogP contribution in [0.5, 0.6) is 5.75 Å². The van der Waals surface area contributed by atoms with E-state index in [1.807, 2.05) is 13.8 Å². The van der Waals surface area contributed by atoms with Crippen molar-refractivity contribution in [2.75, 3.05) is 17.9 Å². The number of nitrogens with one attached hydrogen (secondary N) is 2. The molecule has 0 aliphatic heterocycles. The summed E-state index contributed by atoms with van der Waals surface area (Å²) in [6.45, 7) is 4.78. The summed E-state index contributed by atoms with van der Waals surface area (Å²) in [4.78, 5) is 16.2. The van der Waals surface area contributed by atoms with Gasteiger partial charge in [0.2, 0.25) is 0 Å². The van der Waals surface area contributed by atoms with Crippen LogP contribution in [0.15, 0.2) is 47.6 Å². The zero-order chi connectivity index (χ0) is 19.0. The standard InChI is InChI=1S/C18H23N3O4S/c1-3-5-10-20-18(22)16-8-6-7-9-17(16)26(23,24)21-14-11-15(25-4-2)13-19-12-14/h6-9,11-13,21H,3-5,10H2,1-2H3,(H,20,22). The molecule has 2 N–H and O–H groups in total. The first-order valence-corrected chi connectivity index (χ1v) is 9.94. The van der Waals surface area contributed by atoms with Gasteiger partial charge in [0.15, 0.2) is 0 Å². The second-order valence-corrected chi connectivity index (χ2v) is 7.20. The second kappa shape index (κ2) is 9.19. The molecule has 0 atom stereocenters. The third kappa shape index (κ3) is 5.19. The lowest BCUT2D eigenvalue weighted by atomic mass is 10.2. The average Bonchev–Trinajstić information content (AvgIpc) is 2.62. The van der Waals surface area contributed by atoms with Gasteiger partial charge < -0.3 is 10.1 Å². The lowest BCUT2D eigenvalue weighted by Crippen LogP contribution is -2.27. The largest absolute Gasteiger partial charge is 0.492 e. The number of unbranched alkanes of at least 4 members (excludes halogenated alkanes) is 1. The lowest BCUT2D eigenvalue weighted by molar-refractivity contribution is 0.0950. The molecule has 0 saturated carbocycles. The molecule has 7 nitrogen and oxygen atoms in total. The number of carbonyl (C=O) groups is 1. The van der Waals surface area contributed by atoms with Crippen LogP contribution in [-0.2, 0) is 10.0 Å². The number of anilines is 1. The number of hydrogen-bond acceptors (Lipinski definition) is 5. The third-order valence-electron chi connectivity index (χ3n) is 3.51. The molecule has 0 aliphatic carbocycles. The minimum absolute atomic E-state index is 0.0872. The highest BCUT2D eigenvalue weighted by Gasteiger charge is 2.22. The van der Waals surface area contributed by atoms with Gasteiger partial charge in [0.1, 0.15) is 10.6 Å². The van der Waals surface area contributed by atoms with Crippen molar-refractivity contribution in [3.63, 3.8) is 0 Å². The normalized spacial score (nSPS) is 11.0. The molecular formula is C18H23N3O4S. The summed E-state index contributed by atoms with van der Waals surface area (Å²) in [6, 6.07) is 7.64. The van der Waals surface area contributed by atoms with Gasteiger partial charge in [-0.2, -0.15) is 0 Å². The summed E-state index contributed by atoms with van der Waals surface area (Å²) >= 11 is 0. The van der Waals surface area contributed by atoms with E-state index in [2.05, 4.69) is 15.0 Å². The van der Waals surface area contributed by atoms with E-state index in [-0.39, 0.29) is 16.1 Å². The highest BCUT2D eigenvalue weighted by molar-refractivity contribution is 7.92. The Labute approximate surface area is 153 Å². The maximum absolute atomic E-state index is 12.8. The molecule has 0 radical (unpaired) electrons. The third-order valence-corrected chi connectivity index (χ3v) is 4.95. The van der Waals surface area contributed by atoms with Gasteiger partial charge >= 0.3 is 0 Å². The van der Waals surface area contributed by atoms with Gasteiger partial charge in [-0.25, -0.2) is 8.42 Å². The van der Waals surface area contributed by atoms with E-state index >= 15 is 0 Å². The molecule has 0 saturated heterocycles. The summed E-state index contributed by atoms with van der Waals surface area (Å²) < 4.78 is 33.3. The topological polar surface area (TPSA) is 97.4 Å². The maximum Gasteiger partial charge on any atom is 0.262 e. The van der Waals surface area contributed by atoms with Crippen LogP contribution in [0.3, 0.4) is 0 Å². The van der Waals surface area contributed by atoms with Gasteiger partial charge in [-0.15, -0.1) is 0 Å². The first kappa shape index (κ1) is 19.7. The van der Waals surface area contributed by atoms with Gasteiger partial charge in [-0.1, -0.05) is 25.5 Å². The molecule has 1 amide bonds. The molecule has 1 aromatic heterocycles. The number of benzene rings is 1. The van der Waals surface area contributed by atoms with Crippen LogP contribution in [0.25, 0.3) is 0 Å². The SMILES string of the molecule is CCCCNC(=O)c1ccccc1S(=O)(=O)Nc1cncc(OCC)c1. The van der Waals surface area contributed by atoms with Crippen LogP contribution in [0.2, 0.25) is 0 Å². The van der Waals surface area contributed by atoms with Gasteiger partial charge in [-0.05, 0) is 25.5 Å². The van der Waals surface area contributed by atoms with Crippen LogP contribution in [0.1, 0.15) is 37.0 Å². The van der Waals surface area contributed by atoms with E-state index in [1.54, 1.807) is 12.1 Å². The Morgan fingerprint density at radius 3 is 2.69 bits per heavy atom. The number of carbonyl (C=O) groups excluding carboxylic acids is 1. The molecule has 2 rings (SSSR count). The predicted molar refractivity (Wildman–Crippen MR) is 99.9 cm³/mol. The summed E-state index contributed by atoms with van der Waals surface area (Å²) in [5, 5.41) is 2.74. The Morgan fingerprint density at radius 1 is 1.19 bits per heavy atom. The summed E-state index contributed by atoms with van der Waals surface area (Å²) in [6.07, 6.45) is 4.64. The van der Waals surface area contributed by atoms with Crippen molar-refractivity contribution < 1.29 is 17.9 Å². The second-order valence-electron chi connectivity index (χ2n) is 5.55. The van der Waals surface area contributed by atoms with E-state index in [0.29, 0.717) is 18.9 Å². The fourth-order valence-electron chi connectivity index (χ4n) is 2.29. The zero-order valence-corrected chi connectivity index (χ0v) is 15.7. The molecule has 0 unspecified atom stereocenters. The Bertz CT molecular complexity index is 853. The quantitative estimate of drug-likeness (QED) is 0.655. The van der Waals surface area contributed by atoms with Crippen molar-refractivity contribution >= 4 is 21.6 Å². The van der Waals surface area contributed by atoms with Gasteiger partial charge in [-0.3, -0.25) is 14.5 Å². The number of pyridine rings is 1. The fourth-order valence-corrected chi connectivity index (χ4v) is 3.53. The van der Waals surface area contributed by atoms with Crippen molar-refractivity contribution in [1.82, 2.24) is 10.3 Å². The minimum Gasteiger partial charge on any atom is -0.492 e. The molecule has 140 valence electrons. The van der Waals surface area contributed by atoms with Crippen molar-refractivity contribution in [2.24, 2.45) is 0 Å². The van der Waals surface area contributed by atoms with Crippen LogP contribution >= 0.6 is 0 Å². The van der Waals surface area contributed by atoms with Gasteiger partial charge in [0.25, 0.3) is 15.9 Å². The van der Waals surface area contributed by atoms with E-state index in [0.717, 1.165) is 12.8 Å². The number of rotatable bonds is 9. The number of ether oxygens (including phenoxy) is 1. The lowest BCUT2D eigenvalue weighted by Gasteiger charge is -2.13. The van der Waals surface area contributed by atoms with Crippen molar-refractivity contribution in [3.8, 4) is 5.75 Å². The zero-order valence-electron chi connectivity index (χ0n) is 14.9. The average molecular weight is 377 g/mol. The van der Waals surface area contributed by atoms with Crippen molar-refractivity contribution in [1.29, 1.82) is 0 Å². The highest BCUT2D eigenvalue weighted by atomic mass is 32.2. The molecule has 0 spiro atoms. The number of sulfonamides is 1. The van der Waals surface area contributed by atoms with E-state index in [9.17, 15) is 13.2 Å². The molecule has 26 heavy (non-hydrogen) atoms. The highest BCUT2D eigenvalue weighted by Crippen LogP contribution is 2.22. The Morgan fingerprint density at radius 2 is 1.96 bits per heavy atom. The van der Waals surface area contributed by atoms with Crippen molar-refractivity contribution in [3.05, 3.63) is 48.3 Å². The summed E-state index contributed by atoms with van der Waals surface area (Å²) in [7, 11) is -3.96. The molecule has 1 aromatic carbocycles. The van der Waals surface area contributed by atoms with Crippen LogP contribution in [-0.4, -0.2) is 32.5 Å².